The second-order valence-corrected chi connectivity index (χ2v) is 6.73. The molecule has 0 saturated carbocycles. The van der Waals surface area contributed by atoms with Gasteiger partial charge in [-0.1, -0.05) is 60.7 Å². The maximum atomic E-state index is 11.7. The zero-order chi connectivity index (χ0) is 19.1. The highest BCUT2D eigenvalue weighted by Gasteiger charge is 2.14. The average molecular weight is 357 g/mol. The molecule has 136 valence electrons. The van der Waals surface area contributed by atoms with E-state index in [1.54, 1.807) is 6.92 Å². The summed E-state index contributed by atoms with van der Waals surface area (Å²) < 4.78 is 0. The van der Waals surface area contributed by atoms with Gasteiger partial charge in [-0.3, -0.25) is 9.59 Å². The molecule has 0 fully saturated rings. The summed E-state index contributed by atoms with van der Waals surface area (Å²) in [5, 5.41) is 2.71. The number of carbonyl (C=O) groups is 2. The van der Waals surface area contributed by atoms with Gasteiger partial charge in [-0.2, -0.15) is 0 Å². The van der Waals surface area contributed by atoms with Crippen molar-refractivity contribution in [3.8, 4) is 0 Å². The lowest BCUT2D eigenvalue weighted by Gasteiger charge is -2.19. The molecule has 1 N–H and O–H groups in total. The molecule has 1 amide bonds. The first kappa shape index (κ1) is 18.6. The van der Waals surface area contributed by atoms with E-state index in [0.29, 0.717) is 6.41 Å². The van der Waals surface area contributed by atoms with Crippen LogP contribution in [0.2, 0.25) is 0 Å². The van der Waals surface area contributed by atoms with Crippen LogP contribution in [0.25, 0.3) is 0 Å². The van der Waals surface area contributed by atoms with E-state index in [1.807, 2.05) is 42.5 Å². The third kappa shape index (κ3) is 5.14. The quantitative estimate of drug-likeness (QED) is 0.454. The molecule has 3 heteroatoms. The average Bonchev–Trinajstić information content (AvgIpc) is 2.69. The summed E-state index contributed by atoms with van der Waals surface area (Å²) in [4.78, 5) is 22.4. The van der Waals surface area contributed by atoms with Crippen LogP contribution in [0.4, 0.5) is 5.69 Å². The predicted octanol–water partition coefficient (Wildman–Crippen LogP) is 5.03. The summed E-state index contributed by atoms with van der Waals surface area (Å²) in [5.41, 5.74) is 5.13. The van der Waals surface area contributed by atoms with E-state index in [4.69, 9.17) is 0 Å². The van der Waals surface area contributed by atoms with Gasteiger partial charge >= 0.3 is 0 Å². The fourth-order valence-electron chi connectivity index (χ4n) is 3.38. The Bertz CT molecular complexity index is 918. The number of nitrogens with one attached hydrogen (secondary N) is 1. The Kier molecular flexibility index (Phi) is 6.16. The zero-order valence-electron chi connectivity index (χ0n) is 15.4. The molecule has 3 aromatic rings. The van der Waals surface area contributed by atoms with E-state index in [2.05, 4.69) is 41.7 Å². The minimum Gasteiger partial charge on any atom is -0.329 e. The molecule has 0 saturated heterocycles. The fraction of sp³-hybridized carbons (Fsp3) is 0.167. The molecule has 3 aromatic carbocycles. The summed E-state index contributed by atoms with van der Waals surface area (Å²) >= 11 is 0. The second-order valence-electron chi connectivity index (χ2n) is 6.73. The van der Waals surface area contributed by atoms with Crippen LogP contribution in [-0.4, -0.2) is 12.2 Å². The van der Waals surface area contributed by atoms with Crippen molar-refractivity contribution in [2.45, 2.75) is 25.7 Å². The molecular formula is C24H23NO2. The Morgan fingerprint density at radius 3 is 2.22 bits per heavy atom. The maximum absolute atomic E-state index is 11.7. The highest BCUT2D eigenvalue weighted by Crippen LogP contribution is 2.26. The van der Waals surface area contributed by atoms with E-state index in [9.17, 15) is 9.59 Å². The Balaban J connectivity index is 1.88. The molecule has 0 bridgehead atoms. The standard InChI is InChI=1S/C24H23NO2/c1-18(27)22-11-5-7-19(13-22)14-23(21-9-3-2-4-10-21)15-20-8-6-12-24(16-20)25-17-26/h2-13,16-17,23H,14-15H2,1H3,(H,25,26). The van der Waals surface area contributed by atoms with Gasteiger partial charge in [-0.25, -0.2) is 0 Å². The van der Waals surface area contributed by atoms with Crippen molar-refractivity contribution in [3.05, 3.63) is 101 Å². The van der Waals surface area contributed by atoms with E-state index >= 15 is 0 Å². The number of hydrogen-bond donors (Lipinski definition) is 1. The molecular weight excluding hydrogens is 334 g/mol. The molecule has 0 radical (unpaired) electrons. The number of benzene rings is 3. The van der Waals surface area contributed by atoms with Gasteiger partial charge in [-0.15, -0.1) is 0 Å². The van der Waals surface area contributed by atoms with Crippen molar-refractivity contribution in [2.24, 2.45) is 0 Å². The van der Waals surface area contributed by atoms with Crippen molar-refractivity contribution in [1.82, 2.24) is 0 Å². The highest BCUT2D eigenvalue weighted by molar-refractivity contribution is 5.94. The van der Waals surface area contributed by atoms with Crippen LogP contribution in [0, 0.1) is 0 Å². The molecule has 27 heavy (non-hydrogen) atoms. The molecule has 0 aliphatic rings. The molecule has 0 aromatic heterocycles. The first-order chi connectivity index (χ1) is 13.2. The zero-order valence-corrected chi connectivity index (χ0v) is 15.4. The van der Waals surface area contributed by atoms with E-state index < -0.39 is 0 Å². The number of anilines is 1. The van der Waals surface area contributed by atoms with Gasteiger partial charge in [0.2, 0.25) is 6.41 Å². The molecule has 1 unspecified atom stereocenters. The summed E-state index contributed by atoms with van der Waals surface area (Å²) in [7, 11) is 0. The Morgan fingerprint density at radius 1 is 0.889 bits per heavy atom. The largest absolute Gasteiger partial charge is 0.329 e. The predicted molar refractivity (Wildman–Crippen MR) is 109 cm³/mol. The number of amides is 1. The lowest BCUT2D eigenvalue weighted by molar-refractivity contribution is -0.105. The molecule has 0 aliphatic carbocycles. The number of hydrogen-bond acceptors (Lipinski definition) is 2. The molecule has 0 heterocycles. The van der Waals surface area contributed by atoms with Crippen LogP contribution in [0.1, 0.15) is 39.9 Å². The van der Waals surface area contributed by atoms with E-state index in [0.717, 1.165) is 29.7 Å². The first-order valence-electron chi connectivity index (χ1n) is 9.09. The van der Waals surface area contributed by atoms with Crippen LogP contribution in [0.3, 0.4) is 0 Å². The van der Waals surface area contributed by atoms with Crippen LogP contribution >= 0.6 is 0 Å². The van der Waals surface area contributed by atoms with Gasteiger partial charge in [-0.05, 0) is 60.6 Å². The van der Waals surface area contributed by atoms with Crippen molar-refractivity contribution in [1.29, 1.82) is 0 Å². The number of carbonyl (C=O) groups excluding carboxylic acids is 2. The van der Waals surface area contributed by atoms with Crippen molar-refractivity contribution < 1.29 is 9.59 Å². The summed E-state index contributed by atoms with van der Waals surface area (Å²) in [5.74, 6) is 0.362. The second kappa shape index (κ2) is 8.95. The van der Waals surface area contributed by atoms with Gasteiger partial charge in [0.15, 0.2) is 5.78 Å². The van der Waals surface area contributed by atoms with Gasteiger partial charge in [0.25, 0.3) is 0 Å². The normalized spacial score (nSPS) is 11.6. The fourth-order valence-corrected chi connectivity index (χ4v) is 3.38. The van der Waals surface area contributed by atoms with Crippen molar-refractivity contribution in [3.63, 3.8) is 0 Å². The smallest absolute Gasteiger partial charge is 0.211 e. The molecule has 0 aliphatic heterocycles. The Morgan fingerprint density at radius 2 is 1.56 bits per heavy atom. The van der Waals surface area contributed by atoms with Gasteiger partial charge < -0.3 is 5.32 Å². The summed E-state index contributed by atoms with van der Waals surface area (Å²) in [6, 6.07) is 26.2. The highest BCUT2D eigenvalue weighted by atomic mass is 16.1. The minimum absolute atomic E-state index is 0.0840. The SMILES string of the molecule is CC(=O)c1cccc(CC(Cc2cccc(NC=O)c2)c2ccccc2)c1. The maximum Gasteiger partial charge on any atom is 0.211 e. The van der Waals surface area contributed by atoms with Crippen LogP contribution < -0.4 is 5.32 Å². The number of ketones is 1. The van der Waals surface area contributed by atoms with Crippen molar-refractivity contribution >= 4 is 17.9 Å². The topological polar surface area (TPSA) is 46.2 Å². The van der Waals surface area contributed by atoms with Crippen LogP contribution in [-0.2, 0) is 17.6 Å². The van der Waals surface area contributed by atoms with Gasteiger partial charge in [0.05, 0.1) is 0 Å². The monoisotopic (exact) mass is 357 g/mol. The third-order valence-electron chi connectivity index (χ3n) is 4.72. The summed E-state index contributed by atoms with van der Waals surface area (Å²) in [6.07, 6.45) is 2.39. The Hall–Kier alpha value is -3.20. The molecule has 0 spiro atoms. The lowest BCUT2D eigenvalue weighted by Crippen LogP contribution is -2.08. The first-order valence-corrected chi connectivity index (χ1v) is 9.09. The van der Waals surface area contributed by atoms with E-state index in [1.165, 1.54) is 11.1 Å². The lowest BCUT2D eigenvalue weighted by atomic mass is 9.86. The summed E-state index contributed by atoms with van der Waals surface area (Å²) in [6.45, 7) is 1.60. The number of rotatable bonds is 8. The molecule has 3 nitrogen and oxygen atoms in total. The van der Waals surface area contributed by atoms with Gasteiger partial charge in [0, 0.05) is 11.3 Å². The van der Waals surface area contributed by atoms with Crippen molar-refractivity contribution in [2.75, 3.05) is 5.32 Å². The van der Waals surface area contributed by atoms with Crippen LogP contribution in [0.15, 0.2) is 78.9 Å². The van der Waals surface area contributed by atoms with Crippen LogP contribution in [0.5, 0.6) is 0 Å². The minimum atomic E-state index is 0.0840. The number of Topliss-reactive ketones (excluding diaryl/α,β-unsaturated/α-hetero) is 1. The van der Waals surface area contributed by atoms with E-state index in [-0.39, 0.29) is 11.7 Å². The van der Waals surface area contributed by atoms with Gasteiger partial charge in [0.1, 0.15) is 0 Å². The third-order valence-corrected chi connectivity index (χ3v) is 4.72. The Labute approximate surface area is 160 Å². The molecule has 3 rings (SSSR count). The molecule has 1 atom stereocenters.